The minimum Gasteiger partial charge on any atom is -0.489 e. The zero-order chi connectivity index (χ0) is 9.26. The van der Waals surface area contributed by atoms with Gasteiger partial charge in [-0.1, -0.05) is 15.9 Å². The Morgan fingerprint density at radius 3 is 3.08 bits per heavy atom. The monoisotopic (exact) mass is 240 g/mol. The Labute approximate surface area is 85.0 Å². The van der Waals surface area contributed by atoms with Crippen molar-refractivity contribution in [3.05, 3.63) is 33.8 Å². The van der Waals surface area contributed by atoms with E-state index in [1.807, 2.05) is 24.3 Å². The lowest BCUT2D eigenvalue weighted by Crippen LogP contribution is -2.09. The predicted octanol–water partition coefficient (Wildman–Crippen LogP) is 2.22. The van der Waals surface area contributed by atoms with Gasteiger partial charge in [0.15, 0.2) is 0 Å². The zero-order valence-electron chi connectivity index (χ0n) is 6.96. The highest BCUT2D eigenvalue weighted by Gasteiger charge is 2.10. The fraction of sp³-hybridized carbons (Fsp3) is 0.200. The van der Waals surface area contributed by atoms with Gasteiger partial charge in [0.2, 0.25) is 0 Å². The van der Waals surface area contributed by atoms with Crippen molar-refractivity contribution < 1.29 is 9.84 Å². The number of hydrogen-bond donors (Lipinski definition) is 1. The minimum absolute atomic E-state index is 0.0615. The number of fused-ring (bicyclic) bond motifs is 1. The van der Waals surface area contributed by atoms with Gasteiger partial charge < -0.3 is 9.84 Å². The van der Waals surface area contributed by atoms with Gasteiger partial charge in [-0.05, 0) is 29.8 Å². The number of aliphatic hydroxyl groups excluding tert-OH is 1. The van der Waals surface area contributed by atoms with E-state index >= 15 is 0 Å². The summed E-state index contributed by atoms with van der Waals surface area (Å²) in [6, 6.07) is 5.84. The molecule has 0 saturated heterocycles. The SMILES string of the molecule is OCC1=Cc2cc(Br)ccc2OC1. The molecule has 1 aliphatic rings. The van der Waals surface area contributed by atoms with Crippen molar-refractivity contribution in [1.82, 2.24) is 0 Å². The van der Waals surface area contributed by atoms with Gasteiger partial charge in [0.05, 0.1) is 6.61 Å². The number of rotatable bonds is 1. The number of benzene rings is 1. The molecular formula is C10H9BrO2. The molecule has 0 fully saturated rings. The van der Waals surface area contributed by atoms with Crippen LogP contribution in [0.25, 0.3) is 6.08 Å². The summed E-state index contributed by atoms with van der Waals surface area (Å²) in [6.45, 7) is 0.553. The molecule has 1 N–H and O–H groups in total. The molecule has 2 rings (SSSR count). The van der Waals surface area contributed by atoms with Gasteiger partial charge in [0.25, 0.3) is 0 Å². The molecule has 1 aromatic carbocycles. The summed E-state index contributed by atoms with van der Waals surface area (Å²) in [5.41, 5.74) is 1.93. The van der Waals surface area contributed by atoms with Crippen molar-refractivity contribution in [2.75, 3.05) is 13.2 Å². The normalized spacial score (nSPS) is 14.5. The summed E-state index contributed by atoms with van der Waals surface area (Å²) in [5, 5.41) is 8.93. The third-order valence-corrected chi connectivity index (χ3v) is 2.44. The molecule has 3 heteroatoms. The van der Waals surface area contributed by atoms with Gasteiger partial charge in [-0.25, -0.2) is 0 Å². The number of hydrogen-bond acceptors (Lipinski definition) is 2. The summed E-state index contributed by atoms with van der Waals surface area (Å²) in [4.78, 5) is 0. The fourth-order valence-corrected chi connectivity index (χ4v) is 1.67. The average Bonchev–Trinajstić information content (AvgIpc) is 2.16. The van der Waals surface area contributed by atoms with Gasteiger partial charge in [0, 0.05) is 10.0 Å². The Hall–Kier alpha value is -0.800. The Balaban J connectivity index is 2.44. The molecule has 68 valence electrons. The van der Waals surface area contributed by atoms with Crippen LogP contribution in [0.4, 0.5) is 0 Å². The van der Waals surface area contributed by atoms with Crippen molar-refractivity contribution in [2.24, 2.45) is 0 Å². The maximum absolute atomic E-state index is 8.93. The predicted molar refractivity (Wildman–Crippen MR) is 54.7 cm³/mol. The number of halogens is 1. The van der Waals surface area contributed by atoms with Crippen LogP contribution in [-0.4, -0.2) is 18.3 Å². The van der Waals surface area contributed by atoms with E-state index in [-0.39, 0.29) is 6.61 Å². The first kappa shape index (κ1) is 8.78. The topological polar surface area (TPSA) is 29.5 Å². The largest absolute Gasteiger partial charge is 0.489 e. The Kier molecular flexibility index (Phi) is 2.38. The smallest absolute Gasteiger partial charge is 0.127 e. The highest BCUT2D eigenvalue weighted by atomic mass is 79.9. The van der Waals surface area contributed by atoms with Crippen LogP contribution in [0.3, 0.4) is 0 Å². The minimum atomic E-state index is 0.0615. The first-order valence-corrected chi connectivity index (χ1v) is 4.81. The van der Waals surface area contributed by atoms with E-state index in [1.165, 1.54) is 0 Å². The maximum atomic E-state index is 8.93. The highest BCUT2D eigenvalue weighted by Crippen LogP contribution is 2.28. The molecule has 0 unspecified atom stereocenters. The van der Waals surface area contributed by atoms with Crippen LogP contribution in [0.5, 0.6) is 5.75 Å². The Morgan fingerprint density at radius 1 is 1.46 bits per heavy atom. The molecule has 0 bridgehead atoms. The van der Waals surface area contributed by atoms with Gasteiger partial charge >= 0.3 is 0 Å². The molecule has 1 aromatic rings. The summed E-state index contributed by atoms with van der Waals surface area (Å²) in [7, 11) is 0. The van der Waals surface area contributed by atoms with Crippen molar-refractivity contribution >= 4 is 22.0 Å². The fourth-order valence-electron chi connectivity index (χ4n) is 1.29. The Bertz CT molecular complexity index is 358. The lowest BCUT2D eigenvalue weighted by atomic mass is 10.1. The molecular weight excluding hydrogens is 232 g/mol. The van der Waals surface area contributed by atoms with Crippen LogP contribution in [0.15, 0.2) is 28.2 Å². The third-order valence-electron chi connectivity index (χ3n) is 1.95. The van der Waals surface area contributed by atoms with Crippen molar-refractivity contribution in [1.29, 1.82) is 0 Å². The Morgan fingerprint density at radius 2 is 2.31 bits per heavy atom. The molecule has 0 aromatic heterocycles. The van der Waals surface area contributed by atoms with E-state index < -0.39 is 0 Å². The molecule has 1 heterocycles. The first-order chi connectivity index (χ1) is 6.29. The average molecular weight is 241 g/mol. The van der Waals surface area contributed by atoms with Crippen molar-refractivity contribution in [2.45, 2.75) is 0 Å². The molecule has 13 heavy (non-hydrogen) atoms. The molecule has 0 radical (unpaired) electrons. The van der Waals surface area contributed by atoms with E-state index in [0.717, 1.165) is 21.4 Å². The maximum Gasteiger partial charge on any atom is 0.127 e. The van der Waals surface area contributed by atoms with Crippen LogP contribution < -0.4 is 4.74 Å². The number of aliphatic hydroxyl groups is 1. The van der Waals surface area contributed by atoms with E-state index in [4.69, 9.17) is 9.84 Å². The van der Waals surface area contributed by atoms with Gasteiger partial charge in [-0.3, -0.25) is 0 Å². The number of ether oxygens (including phenoxy) is 1. The van der Waals surface area contributed by atoms with E-state index in [0.29, 0.717) is 6.61 Å². The molecule has 0 amide bonds. The molecule has 2 nitrogen and oxygen atoms in total. The standard InChI is InChI=1S/C10H9BrO2/c11-9-1-2-10-8(4-9)3-7(5-12)6-13-10/h1-4,12H,5-6H2. The lowest BCUT2D eigenvalue weighted by Gasteiger charge is -2.16. The zero-order valence-corrected chi connectivity index (χ0v) is 8.54. The molecule has 1 aliphatic heterocycles. The summed E-state index contributed by atoms with van der Waals surface area (Å²) in [5.74, 6) is 0.875. The van der Waals surface area contributed by atoms with Gasteiger partial charge in [-0.15, -0.1) is 0 Å². The van der Waals surface area contributed by atoms with E-state index in [9.17, 15) is 0 Å². The third kappa shape index (κ3) is 1.76. The second-order valence-electron chi connectivity index (χ2n) is 2.93. The molecule has 0 atom stereocenters. The first-order valence-electron chi connectivity index (χ1n) is 4.02. The quantitative estimate of drug-likeness (QED) is 0.816. The van der Waals surface area contributed by atoms with Crippen LogP contribution in [0.2, 0.25) is 0 Å². The lowest BCUT2D eigenvalue weighted by molar-refractivity contribution is 0.285. The van der Waals surface area contributed by atoms with E-state index in [1.54, 1.807) is 0 Å². The van der Waals surface area contributed by atoms with Crippen molar-refractivity contribution in [3.63, 3.8) is 0 Å². The van der Waals surface area contributed by atoms with E-state index in [2.05, 4.69) is 15.9 Å². The summed E-state index contributed by atoms with van der Waals surface area (Å²) < 4.78 is 6.45. The van der Waals surface area contributed by atoms with Crippen LogP contribution in [0.1, 0.15) is 5.56 Å². The van der Waals surface area contributed by atoms with Crippen LogP contribution in [0, 0.1) is 0 Å². The second-order valence-corrected chi connectivity index (χ2v) is 3.85. The second kappa shape index (κ2) is 3.52. The summed E-state index contributed by atoms with van der Waals surface area (Å²) in [6.07, 6.45) is 1.96. The molecule has 0 saturated carbocycles. The van der Waals surface area contributed by atoms with Crippen molar-refractivity contribution in [3.8, 4) is 5.75 Å². The molecule has 0 aliphatic carbocycles. The van der Waals surface area contributed by atoms with Crippen LogP contribution in [-0.2, 0) is 0 Å². The highest BCUT2D eigenvalue weighted by molar-refractivity contribution is 9.10. The van der Waals surface area contributed by atoms with Crippen LogP contribution >= 0.6 is 15.9 Å². The van der Waals surface area contributed by atoms with Gasteiger partial charge in [-0.2, -0.15) is 0 Å². The van der Waals surface area contributed by atoms with Gasteiger partial charge in [0.1, 0.15) is 12.4 Å². The summed E-state index contributed by atoms with van der Waals surface area (Å²) >= 11 is 3.38. The molecule has 0 spiro atoms.